The number of nitrogens with zero attached hydrogens (tertiary/aromatic N) is 2. The summed E-state index contributed by atoms with van der Waals surface area (Å²) in [6.45, 7) is 3.52. The second-order valence-electron chi connectivity index (χ2n) is 3.93. The maximum Gasteiger partial charge on any atom is 0.244 e. The predicted octanol–water partition coefficient (Wildman–Crippen LogP) is 1.79. The average Bonchev–Trinajstić information content (AvgIpc) is 2.41. The van der Waals surface area contributed by atoms with Crippen LogP contribution in [0.25, 0.3) is 0 Å². The average molecular weight is 246 g/mol. The van der Waals surface area contributed by atoms with Crippen molar-refractivity contribution in [3.63, 3.8) is 0 Å². The summed E-state index contributed by atoms with van der Waals surface area (Å²) in [5.41, 5.74) is 0.730. The van der Waals surface area contributed by atoms with Crippen LogP contribution in [0.1, 0.15) is 18.4 Å². The fourth-order valence-corrected chi connectivity index (χ4v) is 1.59. The van der Waals surface area contributed by atoms with Crippen molar-refractivity contribution in [3.8, 4) is 6.07 Å². The molecule has 0 fully saturated rings. The molecule has 0 radical (unpaired) electrons. The Morgan fingerprint density at radius 3 is 2.67 bits per heavy atom. The normalized spacial score (nSPS) is 11.6. The Balaban J connectivity index is 2.66. The number of benzene rings is 1. The molecule has 0 bridgehead atoms. The van der Waals surface area contributed by atoms with Gasteiger partial charge in [-0.15, -0.1) is 0 Å². The van der Waals surface area contributed by atoms with Crippen LogP contribution in [0, 0.1) is 11.3 Å². The van der Waals surface area contributed by atoms with E-state index < -0.39 is 5.92 Å². The summed E-state index contributed by atoms with van der Waals surface area (Å²) in [6, 6.07) is 11.2. The zero-order chi connectivity index (χ0) is 13.4. The van der Waals surface area contributed by atoms with Crippen molar-refractivity contribution in [2.45, 2.75) is 12.8 Å². The minimum atomic E-state index is -0.738. The van der Waals surface area contributed by atoms with E-state index in [0.29, 0.717) is 19.8 Å². The van der Waals surface area contributed by atoms with Crippen LogP contribution in [0.2, 0.25) is 0 Å². The van der Waals surface area contributed by atoms with Crippen molar-refractivity contribution in [2.24, 2.45) is 0 Å². The Bertz CT molecular complexity index is 412. The van der Waals surface area contributed by atoms with Gasteiger partial charge in [0.15, 0.2) is 0 Å². The highest BCUT2D eigenvalue weighted by Crippen LogP contribution is 2.16. The summed E-state index contributed by atoms with van der Waals surface area (Å²) in [7, 11) is 1.69. The molecular formula is C14H18N2O2. The molecule has 0 spiro atoms. The van der Waals surface area contributed by atoms with Gasteiger partial charge in [-0.25, -0.2) is 0 Å². The summed E-state index contributed by atoms with van der Waals surface area (Å²) >= 11 is 0. The first-order valence-corrected chi connectivity index (χ1v) is 5.98. The summed E-state index contributed by atoms with van der Waals surface area (Å²) in [5.74, 6) is -0.929. The molecule has 96 valence electrons. The van der Waals surface area contributed by atoms with Crippen LogP contribution < -0.4 is 0 Å². The first-order valence-electron chi connectivity index (χ1n) is 5.98. The van der Waals surface area contributed by atoms with Crippen molar-refractivity contribution in [2.75, 3.05) is 26.8 Å². The highest BCUT2D eigenvalue weighted by atomic mass is 16.5. The maximum absolute atomic E-state index is 12.1. The summed E-state index contributed by atoms with van der Waals surface area (Å²) in [5, 5.41) is 9.14. The molecule has 1 rings (SSSR count). The number of likely N-dealkylation sites (N-methyl/N-ethyl adjacent to an activating group) is 1. The highest BCUT2D eigenvalue weighted by Gasteiger charge is 2.23. The molecule has 1 unspecified atom stereocenters. The predicted molar refractivity (Wildman–Crippen MR) is 68.9 cm³/mol. The molecule has 4 heteroatoms. The van der Waals surface area contributed by atoms with Gasteiger partial charge in [0.25, 0.3) is 0 Å². The zero-order valence-corrected chi connectivity index (χ0v) is 10.8. The Morgan fingerprint density at radius 1 is 1.44 bits per heavy atom. The number of hydrogen-bond acceptors (Lipinski definition) is 3. The first-order chi connectivity index (χ1) is 8.70. The first kappa shape index (κ1) is 14.2. The zero-order valence-electron chi connectivity index (χ0n) is 10.8. The molecule has 0 N–H and O–H groups in total. The van der Waals surface area contributed by atoms with E-state index >= 15 is 0 Å². The third-order valence-corrected chi connectivity index (χ3v) is 2.66. The van der Waals surface area contributed by atoms with Gasteiger partial charge < -0.3 is 9.64 Å². The second kappa shape index (κ2) is 7.46. The fourth-order valence-electron chi connectivity index (χ4n) is 1.59. The van der Waals surface area contributed by atoms with Crippen LogP contribution in [0.3, 0.4) is 0 Å². The lowest BCUT2D eigenvalue weighted by atomic mass is 9.99. The van der Waals surface area contributed by atoms with Gasteiger partial charge in [0, 0.05) is 20.2 Å². The lowest BCUT2D eigenvalue weighted by Gasteiger charge is -2.20. The number of carbonyl (C=O) groups excluding carboxylic acids is 1. The van der Waals surface area contributed by atoms with Crippen molar-refractivity contribution in [3.05, 3.63) is 35.9 Å². The van der Waals surface area contributed by atoms with Gasteiger partial charge in [-0.2, -0.15) is 5.26 Å². The van der Waals surface area contributed by atoms with Gasteiger partial charge in [0.05, 0.1) is 12.7 Å². The third-order valence-electron chi connectivity index (χ3n) is 2.66. The number of ether oxygens (including phenoxy) is 1. The number of rotatable bonds is 6. The van der Waals surface area contributed by atoms with Crippen LogP contribution >= 0.6 is 0 Å². The SMILES string of the molecule is CCOCCN(C)C(=O)C(C#N)c1ccccc1. The Morgan fingerprint density at radius 2 is 2.11 bits per heavy atom. The molecule has 0 heterocycles. The molecule has 0 saturated carbocycles. The van der Waals surface area contributed by atoms with Gasteiger partial charge in [-0.05, 0) is 12.5 Å². The van der Waals surface area contributed by atoms with Crippen LogP contribution in [0.15, 0.2) is 30.3 Å². The van der Waals surface area contributed by atoms with E-state index in [-0.39, 0.29) is 5.91 Å². The molecular weight excluding hydrogens is 228 g/mol. The highest BCUT2D eigenvalue weighted by molar-refractivity contribution is 5.86. The van der Waals surface area contributed by atoms with E-state index in [1.165, 1.54) is 4.90 Å². The Kier molecular flexibility index (Phi) is 5.89. The third kappa shape index (κ3) is 3.86. The molecule has 1 aromatic carbocycles. The molecule has 0 aromatic heterocycles. The lowest BCUT2D eigenvalue weighted by Crippen LogP contribution is -2.33. The molecule has 0 aliphatic carbocycles. The molecule has 0 saturated heterocycles. The Hall–Kier alpha value is -1.86. The van der Waals surface area contributed by atoms with E-state index in [1.54, 1.807) is 19.2 Å². The number of hydrogen-bond donors (Lipinski definition) is 0. The monoisotopic (exact) mass is 246 g/mol. The second-order valence-corrected chi connectivity index (χ2v) is 3.93. The van der Waals surface area contributed by atoms with Gasteiger partial charge in [-0.1, -0.05) is 30.3 Å². The summed E-state index contributed by atoms with van der Waals surface area (Å²) in [6.07, 6.45) is 0. The number of carbonyl (C=O) groups is 1. The van der Waals surface area contributed by atoms with Gasteiger partial charge >= 0.3 is 0 Å². The quantitative estimate of drug-likeness (QED) is 0.719. The molecule has 0 aliphatic heterocycles. The van der Waals surface area contributed by atoms with Crippen molar-refractivity contribution < 1.29 is 9.53 Å². The topological polar surface area (TPSA) is 53.3 Å². The van der Waals surface area contributed by atoms with E-state index in [9.17, 15) is 4.79 Å². The smallest absolute Gasteiger partial charge is 0.244 e. The molecule has 0 aliphatic rings. The maximum atomic E-state index is 12.1. The molecule has 1 aromatic rings. The largest absolute Gasteiger partial charge is 0.380 e. The Labute approximate surface area is 108 Å². The van der Waals surface area contributed by atoms with Crippen LogP contribution in [0.4, 0.5) is 0 Å². The van der Waals surface area contributed by atoms with E-state index in [0.717, 1.165) is 5.56 Å². The van der Waals surface area contributed by atoms with Crippen LogP contribution in [-0.4, -0.2) is 37.6 Å². The van der Waals surface area contributed by atoms with Crippen LogP contribution in [-0.2, 0) is 9.53 Å². The minimum absolute atomic E-state index is 0.191. The van der Waals surface area contributed by atoms with Gasteiger partial charge in [0.1, 0.15) is 5.92 Å². The molecule has 1 amide bonds. The molecule has 18 heavy (non-hydrogen) atoms. The van der Waals surface area contributed by atoms with Crippen LogP contribution in [0.5, 0.6) is 0 Å². The van der Waals surface area contributed by atoms with Gasteiger partial charge in [0.2, 0.25) is 5.91 Å². The van der Waals surface area contributed by atoms with Crippen molar-refractivity contribution in [1.82, 2.24) is 4.90 Å². The summed E-state index contributed by atoms with van der Waals surface area (Å²) in [4.78, 5) is 13.7. The van der Waals surface area contributed by atoms with Crippen molar-refractivity contribution >= 4 is 5.91 Å². The van der Waals surface area contributed by atoms with E-state index in [1.807, 2.05) is 25.1 Å². The van der Waals surface area contributed by atoms with Gasteiger partial charge in [-0.3, -0.25) is 4.79 Å². The van der Waals surface area contributed by atoms with E-state index in [4.69, 9.17) is 10.00 Å². The van der Waals surface area contributed by atoms with Crippen molar-refractivity contribution in [1.29, 1.82) is 5.26 Å². The minimum Gasteiger partial charge on any atom is -0.380 e. The fraction of sp³-hybridized carbons (Fsp3) is 0.429. The molecule has 1 atom stereocenters. The standard InChI is InChI=1S/C14H18N2O2/c1-3-18-10-9-16(2)14(17)13(11-15)12-7-5-4-6-8-12/h4-8,13H,3,9-10H2,1-2H3. The molecule has 4 nitrogen and oxygen atoms in total. The number of nitriles is 1. The van der Waals surface area contributed by atoms with E-state index in [2.05, 4.69) is 6.07 Å². The lowest BCUT2D eigenvalue weighted by molar-refractivity contribution is -0.130. The number of amides is 1. The summed E-state index contributed by atoms with van der Waals surface area (Å²) < 4.78 is 5.20.